The molecule has 0 radical (unpaired) electrons. The van der Waals surface area contributed by atoms with Crippen LogP contribution in [0.15, 0.2) is 18.3 Å². The van der Waals surface area contributed by atoms with Crippen LogP contribution in [0.1, 0.15) is 24.7 Å². The van der Waals surface area contributed by atoms with Gasteiger partial charge < -0.3 is 4.90 Å². The number of pyridine rings is 1. The Kier molecular flexibility index (Phi) is 3.04. The van der Waals surface area contributed by atoms with Gasteiger partial charge in [-0.3, -0.25) is 4.40 Å². The normalized spacial score (nSPS) is 20.9. The van der Waals surface area contributed by atoms with E-state index >= 15 is 0 Å². The van der Waals surface area contributed by atoms with Crippen molar-refractivity contribution >= 4 is 5.65 Å². The fraction of sp³-hybridized carbons (Fsp3) is 0.571. The Morgan fingerprint density at radius 1 is 1.39 bits per heavy atom. The summed E-state index contributed by atoms with van der Waals surface area (Å²) in [5, 5.41) is 8.66. The molecular weight excluding hydrogens is 224 g/mol. The summed E-state index contributed by atoms with van der Waals surface area (Å²) < 4.78 is 2.14. The summed E-state index contributed by atoms with van der Waals surface area (Å²) in [6.45, 7) is 7.92. The van der Waals surface area contributed by atoms with Crippen molar-refractivity contribution in [2.75, 3.05) is 19.6 Å². The van der Waals surface area contributed by atoms with Crippen molar-refractivity contribution in [1.29, 1.82) is 0 Å². The van der Waals surface area contributed by atoms with E-state index < -0.39 is 0 Å². The fourth-order valence-electron chi connectivity index (χ4n) is 2.86. The van der Waals surface area contributed by atoms with Gasteiger partial charge in [-0.1, -0.05) is 13.0 Å². The van der Waals surface area contributed by atoms with Gasteiger partial charge in [0, 0.05) is 19.2 Å². The number of hydrogen-bond acceptors (Lipinski definition) is 3. The lowest BCUT2D eigenvalue weighted by Gasteiger charge is -2.12. The molecule has 3 heterocycles. The van der Waals surface area contributed by atoms with E-state index in [9.17, 15) is 0 Å². The van der Waals surface area contributed by atoms with Gasteiger partial charge in [-0.15, -0.1) is 10.2 Å². The van der Waals surface area contributed by atoms with Crippen LogP contribution in [0.25, 0.3) is 5.65 Å². The molecule has 0 bridgehead atoms. The second kappa shape index (κ2) is 4.69. The van der Waals surface area contributed by atoms with E-state index in [2.05, 4.69) is 51.7 Å². The maximum atomic E-state index is 4.36. The number of fused-ring (bicyclic) bond motifs is 1. The molecule has 0 saturated carbocycles. The van der Waals surface area contributed by atoms with Crippen molar-refractivity contribution in [2.45, 2.75) is 26.7 Å². The van der Waals surface area contributed by atoms with Crippen molar-refractivity contribution in [1.82, 2.24) is 19.5 Å². The minimum absolute atomic E-state index is 0.734. The summed E-state index contributed by atoms with van der Waals surface area (Å²) in [7, 11) is 0. The average molecular weight is 244 g/mol. The smallest absolute Gasteiger partial charge is 0.163 e. The summed E-state index contributed by atoms with van der Waals surface area (Å²) in [5.74, 6) is 1.84. The van der Waals surface area contributed by atoms with E-state index in [1.807, 2.05) is 0 Å². The zero-order valence-corrected chi connectivity index (χ0v) is 11.1. The van der Waals surface area contributed by atoms with Crippen molar-refractivity contribution in [3.8, 4) is 0 Å². The highest BCUT2D eigenvalue weighted by atomic mass is 15.2. The average Bonchev–Trinajstić information content (AvgIpc) is 2.98. The van der Waals surface area contributed by atoms with Crippen molar-refractivity contribution in [2.24, 2.45) is 5.92 Å². The lowest BCUT2D eigenvalue weighted by molar-refractivity contribution is 0.340. The third-order valence-corrected chi connectivity index (χ3v) is 3.99. The van der Waals surface area contributed by atoms with Crippen LogP contribution in [-0.2, 0) is 6.42 Å². The summed E-state index contributed by atoms with van der Waals surface area (Å²) in [5.41, 5.74) is 2.19. The Hall–Kier alpha value is -1.42. The molecule has 3 rings (SSSR count). The second-order valence-corrected chi connectivity index (χ2v) is 5.25. The number of likely N-dealkylation sites (tertiary alicyclic amines) is 1. The van der Waals surface area contributed by atoms with E-state index in [1.165, 1.54) is 25.1 Å². The molecule has 1 saturated heterocycles. The van der Waals surface area contributed by atoms with Crippen LogP contribution in [0.2, 0.25) is 0 Å². The number of aryl methyl sites for hydroxylation is 1. The maximum absolute atomic E-state index is 4.36. The zero-order chi connectivity index (χ0) is 12.5. The topological polar surface area (TPSA) is 33.4 Å². The summed E-state index contributed by atoms with van der Waals surface area (Å²) >= 11 is 0. The second-order valence-electron chi connectivity index (χ2n) is 5.25. The molecule has 1 atom stereocenters. The first kappa shape index (κ1) is 11.7. The molecule has 1 unspecified atom stereocenters. The highest BCUT2D eigenvalue weighted by molar-refractivity contribution is 5.46. The predicted octanol–water partition coefficient (Wildman–Crippen LogP) is 1.92. The highest BCUT2D eigenvalue weighted by Crippen LogP contribution is 2.20. The maximum Gasteiger partial charge on any atom is 0.163 e. The number of nitrogens with zero attached hydrogens (tertiary/aromatic N) is 4. The van der Waals surface area contributed by atoms with Gasteiger partial charge in [0.1, 0.15) is 5.82 Å². The molecule has 2 aromatic rings. The van der Waals surface area contributed by atoms with Gasteiger partial charge in [-0.05, 0) is 44.0 Å². The molecule has 1 aliphatic rings. The highest BCUT2D eigenvalue weighted by Gasteiger charge is 2.23. The van der Waals surface area contributed by atoms with Gasteiger partial charge in [-0.25, -0.2) is 0 Å². The van der Waals surface area contributed by atoms with Crippen LogP contribution in [0.4, 0.5) is 0 Å². The quantitative estimate of drug-likeness (QED) is 0.827. The lowest BCUT2D eigenvalue weighted by atomic mass is 10.0. The Labute approximate surface area is 108 Å². The van der Waals surface area contributed by atoms with Gasteiger partial charge in [0.15, 0.2) is 5.65 Å². The van der Waals surface area contributed by atoms with Crippen LogP contribution < -0.4 is 0 Å². The van der Waals surface area contributed by atoms with E-state index in [-0.39, 0.29) is 0 Å². The summed E-state index contributed by atoms with van der Waals surface area (Å²) in [6.07, 6.45) is 4.40. The largest absolute Gasteiger partial charge is 0.303 e. The molecule has 0 spiro atoms. The zero-order valence-electron chi connectivity index (χ0n) is 11.1. The first-order valence-electron chi connectivity index (χ1n) is 6.79. The van der Waals surface area contributed by atoms with E-state index in [4.69, 9.17) is 0 Å². The first-order chi connectivity index (χ1) is 8.78. The first-order valence-corrected chi connectivity index (χ1v) is 6.79. The molecule has 18 heavy (non-hydrogen) atoms. The number of aromatic nitrogens is 3. The van der Waals surface area contributed by atoms with Crippen LogP contribution in [0, 0.1) is 12.8 Å². The molecule has 0 aliphatic carbocycles. The number of hydrogen-bond donors (Lipinski definition) is 0. The van der Waals surface area contributed by atoms with Crippen LogP contribution in [-0.4, -0.2) is 39.1 Å². The molecule has 0 amide bonds. The molecule has 96 valence electrons. The minimum atomic E-state index is 0.734. The van der Waals surface area contributed by atoms with Crippen LogP contribution in [0.3, 0.4) is 0 Å². The molecule has 2 aromatic heterocycles. The van der Waals surface area contributed by atoms with Crippen LogP contribution in [0.5, 0.6) is 0 Å². The third kappa shape index (κ3) is 2.01. The predicted molar refractivity (Wildman–Crippen MR) is 71.6 cm³/mol. The molecule has 1 aliphatic heterocycles. The van der Waals surface area contributed by atoms with Gasteiger partial charge in [-0.2, -0.15) is 0 Å². The van der Waals surface area contributed by atoms with E-state index in [0.717, 1.165) is 30.4 Å². The molecule has 0 N–H and O–H groups in total. The Morgan fingerprint density at radius 2 is 2.28 bits per heavy atom. The number of rotatable bonds is 3. The molecular formula is C14H20N4. The van der Waals surface area contributed by atoms with E-state index in [0.29, 0.717) is 0 Å². The SMILES string of the molecule is CCN1CCC(Cc2nnc3c(C)cccn23)C1. The summed E-state index contributed by atoms with van der Waals surface area (Å²) in [4.78, 5) is 2.51. The van der Waals surface area contributed by atoms with Gasteiger partial charge in [0.25, 0.3) is 0 Å². The van der Waals surface area contributed by atoms with Gasteiger partial charge in [0.05, 0.1) is 0 Å². The Bertz CT molecular complexity index is 546. The summed E-state index contributed by atoms with van der Waals surface area (Å²) in [6, 6.07) is 4.16. The monoisotopic (exact) mass is 244 g/mol. The van der Waals surface area contributed by atoms with Crippen molar-refractivity contribution < 1.29 is 0 Å². The van der Waals surface area contributed by atoms with E-state index in [1.54, 1.807) is 0 Å². The minimum Gasteiger partial charge on any atom is -0.303 e. The lowest BCUT2D eigenvalue weighted by Crippen LogP contribution is -2.20. The Morgan fingerprint density at radius 3 is 3.06 bits per heavy atom. The van der Waals surface area contributed by atoms with Gasteiger partial charge in [0.2, 0.25) is 0 Å². The molecule has 1 fully saturated rings. The molecule has 0 aromatic carbocycles. The fourth-order valence-corrected chi connectivity index (χ4v) is 2.86. The standard InChI is InChI=1S/C14H20N4/c1-3-17-8-6-12(10-17)9-13-15-16-14-11(2)5-4-7-18(13)14/h4-5,7,12H,3,6,8-10H2,1-2H3. The van der Waals surface area contributed by atoms with Crippen LogP contribution >= 0.6 is 0 Å². The Balaban J connectivity index is 1.81. The third-order valence-electron chi connectivity index (χ3n) is 3.99. The van der Waals surface area contributed by atoms with Gasteiger partial charge >= 0.3 is 0 Å². The van der Waals surface area contributed by atoms with Crippen molar-refractivity contribution in [3.05, 3.63) is 29.7 Å². The molecule has 4 heteroatoms. The van der Waals surface area contributed by atoms with Crippen molar-refractivity contribution in [3.63, 3.8) is 0 Å². The molecule has 4 nitrogen and oxygen atoms in total.